The third-order valence-corrected chi connectivity index (χ3v) is 3.28. The van der Waals surface area contributed by atoms with E-state index in [1.54, 1.807) is 0 Å². The zero-order valence-electron chi connectivity index (χ0n) is 11.7. The van der Waals surface area contributed by atoms with E-state index in [0.29, 0.717) is 0 Å². The van der Waals surface area contributed by atoms with Gasteiger partial charge in [0.1, 0.15) is 0 Å². The maximum atomic E-state index is 13.5. The molecule has 0 atom stereocenters. The van der Waals surface area contributed by atoms with E-state index in [4.69, 9.17) is 0 Å². The first-order chi connectivity index (χ1) is 10.4. The number of nitrogens with one attached hydrogen (secondary N) is 1. The molecule has 0 aliphatic carbocycles. The first-order valence-electron chi connectivity index (χ1n) is 6.46. The standard InChI is InChI=1S/C13H14F3N3O3/c1-22-13(21)19-6-4-18(5-7-19)12(20)17-9-3-2-8(14)10(15)11(9)16/h2-3H,4-7H2,1H3,(H,17,20). The van der Waals surface area contributed by atoms with Crippen LogP contribution in [0.25, 0.3) is 0 Å². The van der Waals surface area contributed by atoms with Crippen LogP contribution in [-0.2, 0) is 4.74 Å². The van der Waals surface area contributed by atoms with Crippen molar-refractivity contribution in [2.45, 2.75) is 0 Å². The van der Waals surface area contributed by atoms with Crippen molar-refractivity contribution in [3.05, 3.63) is 29.6 Å². The van der Waals surface area contributed by atoms with Crippen molar-refractivity contribution in [2.24, 2.45) is 0 Å². The lowest BCUT2D eigenvalue weighted by Gasteiger charge is -2.33. The maximum absolute atomic E-state index is 13.5. The molecule has 1 aromatic carbocycles. The van der Waals surface area contributed by atoms with Crippen molar-refractivity contribution in [1.29, 1.82) is 0 Å². The van der Waals surface area contributed by atoms with Crippen LogP contribution in [0, 0.1) is 17.5 Å². The number of methoxy groups -OCH3 is 1. The summed E-state index contributed by atoms with van der Waals surface area (Å²) in [4.78, 5) is 26.0. The monoisotopic (exact) mass is 317 g/mol. The molecular formula is C13H14F3N3O3. The van der Waals surface area contributed by atoms with Crippen LogP contribution in [0.1, 0.15) is 0 Å². The van der Waals surface area contributed by atoms with Gasteiger partial charge in [0.05, 0.1) is 12.8 Å². The van der Waals surface area contributed by atoms with Crippen LogP contribution >= 0.6 is 0 Å². The smallest absolute Gasteiger partial charge is 0.409 e. The van der Waals surface area contributed by atoms with Gasteiger partial charge in [0.15, 0.2) is 17.5 Å². The lowest BCUT2D eigenvalue weighted by Crippen LogP contribution is -2.51. The number of piperazine rings is 1. The molecule has 0 spiro atoms. The van der Waals surface area contributed by atoms with Crippen LogP contribution in [-0.4, -0.2) is 55.2 Å². The first-order valence-corrected chi connectivity index (χ1v) is 6.46. The zero-order chi connectivity index (χ0) is 16.3. The van der Waals surface area contributed by atoms with Crippen molar-refractivity contribution >= 4 is 17.8 Å². The molecule has 1 heterocycles. The van der Waals surface area contributed by atoms with Crippen LogP contribution in [0.15, 0.2) is 12.1 Å². The lowest BCUT2D eigenvalue weighted by atomic mass is 10.3. The Labute approximate surface area is 124 Å². The number of anilines is 1. The fraction of sp³-hybridized carbons (Fsp3) is 0.385. The number of rotatable bonds is 1. The molecule has 120 valence electrons. The van der Waals surface area contributed by atoms with Gasteiger partial charge in [-0.25, -0.2) is 22.8 Å². The SMILES string of the molecule is COC(=O)N1CCN(C(=O)Nc2ccc(F)c(F)c2F)CC1. The largest absolute Gasteiger partial charge is 0.453 e. The van der Waals surface area contributed by atoms with Crippen molar-refractivity contribution in [3.8, 4) is 0 Å². The molecule has 0 saturated carbocycles. The van der Waals surface area contributed by atoms with E-state index in [1.807, 2.05) is 0 Å². The average molecular weight is 317 g/mol. The number of carbonyl (C=O) groups excluding carboxylic acids is 2. The van der Waals surface area contributed by atoms with E-state index in [1.165, 1.54) is 16.9 Å². The van der Waals surface area contributed by atoms with Crippen LogP contribution in [0.2, 0.25) is 0 Å². The highest BCUT2D eigenvalue weighted by Gasteiger charge is 2.25. The number of amides is 3. The van der Waals surface area contributed by atoms with Crippen molar-refractivity contribution in [3.63, 3.8) is 0 Å². The zero-order valence-corrected chi connectivity index (χ0v) is 11.7. The number of carbonyl (C=O) groups is 2. The van der Waals surface area contributed by atoms with Gasteiger partial charge >= 0.3 is 12.1 Å². The second-order valence-corrected chi connectivity index (χ2v) is 4.60. The Kier molecular flexibility index (Phi) is 4.74. The number of hydrogen-bond donors (Lipinski definition) is 1. The number of halogens is 3. The van der Waals surface area contributed by atoms with Gasteiger partial charge in [0.2, 0.25) is 0 Å². The van der Waals surface area contributed by atoms with E-state index in [-0.39, 0.29) is 26.2 Å². The summed E-state index contributed by atoms with van der Waals surface area (Å²) in [7, 11) is 1.26. The maximum Gasteiger partial charge on any atom is 0.409 e. The van der Waals surface area contributed by atoms with Gasteiger partial charge in [0, 0.05) is 26.2 Å². The number of ether oxygens (including phenoxy) is 1. The summed E-state index contributed by atoms with van der Waals surface area (Å²) in [6.45, 7) is 0.958. The molecule has 1 saturated heterocycles. The van der Waals surface area contributed by atoms with Gasteiger partial charge in [-0.1, -0.05) is 0 Å². The van der Waals surface area contributed by atoms with Crippen LogP contribution in [0.3, 0.4) is 0 Å². The molecule has 3 amide bonds. The summed E-state index contributed by atoms with van der Waals surface area (Å²) in [6, 6.07) is 1.01. The Bertz CT molecular complexity index is 589. The molecule has 2 rings (SSSR count). The summed E-state index contributed by atoms with van der Waals surface area (Å²) in [5, 5.41) is 2.18. The van der Waals surface area contributed by atoms with Gasteiger partial charge in [0.25, 0.3) is 0 Å². The molecule has 0 unspecified atom stereocenters. The minimum absolute atomic E-state index is 0.215. The normalized spacial score (nSPS) is 14.7. The fourth-order valence-electron chi connectivity index (χ4n) is 2.04. The van der Waals surface area contributed by atoms with E-state index in [2.05, 4.69) is 10.1 Å². The predicted octanol–water partition coefficient (Wildman–Crippen LogP) is 2.02. The Balaban J connectivity index is 1.97. The first kappa shape index (κ1) is 15.9. The summed E-state index contributed by atoms with van der Waals surface area (Å²) >= 11 is 0. The number of urea groups is 1. The summed E-state index contributed by atoms with van der Waals surface area (Å²) in [5.41, 5.74) is -0.445. The Morgan fingerprint density at radius 2 is 1.64 bits per heavy atom. The lowest BCUT2D eigenvalue weighted by molar-refractivity contribution is 0.0992. The molecule has 6 nitrogen and oxygen atoms in total. The van der Waals surface area contributed by atoms with Gasteiger partial charge in [-0.15, -0.1) is 0 Å². The van der Waals surface area contributed by atoms with E-state index in [9.17, 15) is 22.8 Å². The summed E-state index contributed by atoms with van der Waals surface area (Å²) < 4.78 is 44.0. The number of nitrogens with zero attached hydrogens (tertiary/aromatic N) is 2. The highest BCUT2D eigenvalue weighted by atomic mass is 19.2. The second kappa shape index (κ2) is 6.54. The molecular weight excluding hydrogens is 303 g/mol. The van der Waals surface area contributed by atoms with E-state index < -0.39 is 35.3 Å². The third-order valence-electron chi connectivity index (χ3n) is 3.28. The average Bonchev–Trinajstić information content (AvgIpc) is 2.54. The minimum Gasteiger partial charge on any atom is -0.453 e. The number of hydrogen-bond acceptors (Lipinski definition) is 3. The van der Waals surface area contributed by atoms with Crippen LogP contribution in [0.4, 0.5) is 28.4 Å². The van der Waals surface area contributed by atoms with Crippen molar-refractivity contribution in [2.75, 3.05) is 38.6 Å². The second-order valence-electron chi connectivity index (χ2n) is 4.60. The highest BCUT2D eigenvalue weighted by Crippen LogP contribution is 2.20. The molecule has 1 N–H and O–H groups in total. The molecule has 22 heavy (non-hydrogen) atoms. The Morgan fingerprint density at radius 1 is 1.05 bits per heavy atom. The van der Waals surface area contributed by atoms with Gasteiger partial charge in [-0.3, -0.25) is 0 Å². The molecule has 9 heteroatoms. The van der Waals surface area contributed by atoms with Crippen LogP contribution < -0.4 is 5.32 Å². The fourth-order valence-corrected chi connectivity index (χ4v) is 2.04. The molecule has 0 radical (unpaired) electrons. The molecule has 1 fully saturated rings. The molecule has 1 aromatic rings. The third kappa shape index (κ3) is 3.23. The molecule has 1 aliphatic heterocycles. The highest BCUT2D eigenvalue weighted by molar-refractivity contribution is 5.89. The van der Waals surface area contributed by atoms with Crippen molar-refractivity contribution in [1.82, 2.24) is 9.80 Å². The Morgan fingerprint density at radius 3 is 2.23 bits per heavy atom. The molecule has 1 aliphatic rings. The van der Waals surface area contributed by atoms with Gasteiger partial charge in [-0.2, -0.15) is 0 Å². The van der Waals surface area contributed by atoms with E-state index in [0.717, 1.165) is 12.1 Å². The number of benzene rings is 1. The van der Waals surface area contributed by atoms with Gasteiger partial charge in [-0.05, 0) is 12.1 Å². The predicted molar refractivity (Wildman–Crippen MR) is 70.9 cm³/mol. The molecule has 0 aromatic heterocycles. The van der Waals surface area contributed by atoms with Gasteiger partial charge < -0.3 is 19.9 Å². The minimum atomic E-state index is -1.65. The summed E-state index contributed by atoms with van der Waals surface area (Å²) in [5.74, 6) is -4.43. The molecule has 0 bridgehead atoms. The Hall–Kier alpha value is -2.45. The topological polar surface area (TPSA) is 61.9 Å². The van der Waals surface area contributed by atoms with Crippen LogP contribution in [0.5, 0.6) is 0 Å². The quantitative estimate of drug-likeness (QED) is 0.806. The van der Waals surface area contributed by atoms with Crippen molar-refractivity contribution < 1.29 is 27.5 Å². The summed E-state index contributed by atoms with van der Waals surface area (Å²) in [6.07, 6.45) is -0.494. The van der Waals surface area contributed by atoms with E-state index >= 15 is 0 Å².